The summed E-state index contributed by atoms with van der Waals surface area (Å²) in [5, 5.41) is 4.51. The van der Waals surface area contributed by atoms with E-state index >= 15 is 0 Å². The molecule has 1 aromatic heterocycles. The van der Waals surface area contributed by atoms with Crippen molar-refractivity contribution in [1.82, 2.24) is 10.3 Å². The molecule has 4 heteroatoms. The van der Waals surface area contributed by atoms with Crippen LogP contribution in [0.2, 0.25) is 0 Å². The summed E-state index contributed by atoms with van der Waals surface area (Å²) in [5.74, 6) is 1.39. The van der Waals surface area contributed by atoms with Gasteiger partial charge in [-0.05, 0) is 37.2 Å². The van der Waals surface area contributed by atoms with Crippen LogP contribution in [0.25, 0.3) is 10.9 Å². The van der Waals surface area contributed by atoms with Crippen molar-refractivity contribution in [2.24, 2.45) is 0 Å². The Morgan fingerprint density at radius 1 is 1.47 bits per heavy atom. The molecule has 2 heterocycles. The maximum atomic E-state index is 5.52. The highest BCUT2D eigenvalue weighted by molar-refractivity contribution is 5.86. The summed E-state index contributed by atoms with van der Waals surface area (Å²) in [7, 11) is 3.69. The number of methoxy groups -OCH3 is 1. The molecular weight excluding hydrogens is 240 g/mol. The van der Waals surface area contributed by atoms with Crippen LogP contribution in [-0.4, -0.2) is 32.4 Å². The first kappa shape index (κ1) is 12.5. The topological polar surface area (TPSA) is 46.3 Å². The van der Waals surface area contributed by atoms with Crippen molar-refractivity contribution in [2.75, 3.05) is 27.4 Å². The van der Waals surface area contributed by atoms with E-state index in [0.717, 1.165) is 31.9 Å². The minimum absolute atomic E-state index is 0.488. The second kappa shape index (κ2) is 5.23. The summed E-state index contributed by atoms with van der Waals surface area (Å²) in [5.41, 5.74) is 3.83. The summed E-state index contributed by atoms with van der Waals surface area (Å²) >= 11 is 0. The third kappa shape index (κ3) is 2.22. The van der Waals surface area contributed by atoms with Crippen LogP contribution in [0.4, 0.5) is 0 Å². The standard InChI is InChI=1S/C15H20N2O2/c1-16-8-13-12-7-11(18-2)3-4-14(12)17-15(13)10-5-6-19-9-10/h3-4,7,10,16-17H,5-6,8-9H2,1-2H3. The zero-order chi connectivity index (χ0) is 13.2. The number of rotatable bonds is 4. The predicted octanol–water partition coefficient (Wildman–Crippen LogP) is 2.40. The van der Waals surface area contributed by atoms with Crippen LogP contribution in [0.1, 0.15) is 23.6 Å². The fourth-order valence-electron chi connectivity index (χ4n) is 2.85. The Kier molecular flexibility index (Phi) is 3.44. The van der Waals surface area contributed by atoms with Crippen LogP contribution in [-0.2, 0) is 11.3 Å². The number of ether oxygens (including phenoxy) is 2. The lowest BCUT2D eigenvalue weighted by Crippen LogP contribution is -2.09. The molecule has 1 aliphatic heterocycles. The van der Waals surface area contributed by atoms with Gasteiger partial charge >= 0.3 is 0 Å². The predicted molar refractivity (Wildman–Crippen MR) is 75.8 cm³/mol. The van der Waals surface area contributed by atoms with Crippen LogP contribution < -0.4 is 10.1 Å². The molecule has 0 radical (unpaired) electrons. The van der Waals surface area contributed by atoms with Crippen molar-refractivity contribution in [2.45, 2.75) is 18.9 Å². The normalized spacial score (nSPS) is 19.2. The van der Waals surface area contributed by atoms with Crippen LogP contribution in [0, 0.1) is 0 Å². The number of aromatic nitrogens is 1. The van der Waals surface area contributed by atoms with E-state index in [2.05, 4.69) is 22.4 Å². The number of hydrogen-bond donors (Lipinski definition) is 2. The second-order valence-electron chi connectivity index (χ2n) is 5.02. The molecular formula is C15H20N2O2. The minimum atomic E-state index is 0.488. The third-order valence-corrected chi connectivity index (χ3v) is 3.84. The molecule has 1 saturated heterocycles. The number of fused-ring (bicyclic) bond motifs is 1. The van der Waals surface area contributed by atoms with Gasteiger partial charge in [0, 0.05) is 35.7 Å². The second-order valence-corrected chi connectivity index (χ2v) is 5.02. The molecule has 0 saturated carbocycles. The number of benzene rings is 1. The number of nitrogens with one attached hydrogen (secondary N) is 2. The first-order chi connectivity index (χ1) is 9.33. The zero-order valence-electron chi connectivity index (χ0n) is 11.5. The molecule has 2 N–H and O–H groups in total. The van der Waals surface area contributed by atoms with Crippen LogP contribution in [0.3, 0.4) is 0 Å². The summed E-state index contributed by atoms with van der Waals surface area (Å²) in [6.45, 7) is 2.54. The number of hydrogen-bond acceptors (Lipinski definition) is 3. The van der Waals surface area contributed by atoms with E-state index in [1.54, 1.807) is 7.11 Å². The van der Waals surface area contributed by atoms with E-state index in [1.807, 2.05) is 13.1 Å². The van der Waals surface area contributed by atoms with Crippen molar-refractivity contribution >= 4 is 10.9 Å². The Balaban J connectivity index is 2.11. The Hall–Kier alpha value is -1.52. The first-order valence-corrected chi connectivity index (χ1v) is 6.74. The molecule has 3 rings (SSSR count). The van der Waals surface area contributed by atoms with Gasteiger partial charge in [-0.1, -0.05) is 0 Å². The summed E-state index contributed by atoms with van der Waals surface area (Å²) in [6.07, 6.45) is 1.10. The van der Waals surface area contributed by atoms with E-state index in [-0.39, 0.29) is 0 Å². The summed E-state index contributed by atoms with van der Waals surface area (Å²) in [6, 6.07) is 6.20. The highest BCUT2D eigenvalue weighted by Gasteiger charge is 2.23. The van der Waals surface area contributed by atoms with E-state index in [4.69, 9.17) is 9.47 Å². The van der Waals surface area contributed by atoms with Crippen LogP contribution in [0.5, 0.6) is 5.75 Å². The van der Waals surface area contributed by atoms with Gasteiger partial charge in [0.1, 0.15) is 5.75 Å². The van der Waals surface area contributed by atoms with Gasteiger partial charge in [-0.2, -0.15) is 0 Å². The molecule has 19 heavy (non-hydrogen) atoms. The average molecular weight is 260 g/mol. The van der Waals surface area contributed by atoms with E-state index in [0.29, 0.717) is 5.92 Å². The Morgan fingerprint density at radius 2 is 2.37 bits per heavy atom. The smallest absolute Gasteiger partial charge is 0.119 e. The SMILES string of the molecule is CNCc1c(C2CCOC2)[nH]c2ccc(OC)cc12. The molecule has 1 atom stereocenters. The third-order valence-electron chi connectivity index (χ3n) is 3.84. The van der Waals surface area contributed by atoms with Crippen molar-refractivity contribution in [1.29, 1.82) is 0 Å². The highest BCUT2D eigenvalue weighted by Crippen LogP contribution is 2.33. The fraction of sp³-hybridized carbons (Fsp3) is 0.467. The summed E-state index contributed by atoms with van der Waals surface area (Å²) < 4.78 is 10.9. The molecule has 1 aromatic carbocycles. The molecule has 0 bridgehead atoms. The van der Waals surface area contributed by atoms with Crippen LogP contribution in [0.15, 0.2) is 18.2 Å². The molecule has 1 fully saturated rings. The van der Waals surface area contributed by atoms with Gasteiger partial charge < -0.3 is 19.8 Å². The van der Waals surface area contributed by atoms with E-state index < -0.39 is 0 Å². The molecule has 102 valence electrons. The molecule has 0 amide bonds. The van der Waals surface area contributed by atoms with Crippen LogP contribution >= 0.6 is 0 Å². The molecule has 0 spiro atoms. The fourth-order valence-corrected chi connectivity index (χ4v) is 2.85. The molecule has 1 unspecified atom stereocenters. The lowest BCUT2D eigenvalue weighted by molar-refractivity contribution is 0.193. The quantitative estimate of drug-likeness (QED) is 0.887. The first-order valence-electron chi connectivity index (χ1n) is 6.74. The van der Waals surface area contributed by atoms with E-state index in [1.165, 1.54) is 22.2 Å². The molecule has 0 aliphatic carbocycles. The Morgan fingerprint density at radius 3 is 3.05 bits per heavy atom. The van der Waals surface area contributed by atoms with Crippen molar-refractivity contribution < 1.29 is 9.47 Å². The maximum absolute atomic E-state index is 5.52. The minimum Gasteiger partial charge on any atom is -0.497 e. The van der Waals surface area contributed by atoms with Crippen molar-refractivity contribution in [3.63, 3.8) is 0 Å². The number of aromatic amines is 1. The lowest BCUT2D eigenvalue weighted by Gasteiger charge is -2.09. The van der Waals surface area contributed by atoms with Gasteiger partial charge in [0.05, 0.1) is 13.7 Å². The van der Waals surface area contributed by atoms with Gasteiger partial charge in [-0.15, -0.1) is 0 Å². The van der Waals surface area contributed by atoms with Gasteiger partial charge in [0.25, 0.3) is 0 Å². The van der Waals surface area contributed by atoms with Gasteiger partial charge in [-0.3, -0.25) is 0 Å². The summed E-state index contributed by atoms with van der Waals surface area (Å²) in [4.78, 5) is 3.57. The molecule has 2 aromatic rings. The molecule has 4 nitrogen and oxygen atoms in total. The van der Waals surface area contributed by atoms with Gasteiger partial charge in [0.2, 0.25) is 0 Å². The maximum Gasteiger partial charge on any atom is 0.119 e. The Labute approximate surface area is 113 Å². The zero-order valence-corrected chi connectivity index (χ0v) is 11.5. The van der Waals surface area contributed by atoms with Gasteiger partial charge in [0.15, 0.2) is 0 Å². The van der Waals surface area contributed by atoms with Crippen molar-refractivity contribution in [3.05, 3.63) is 29.5 Å². The van der Waals surface area contributed by atoms with Gasteiger partial charge in [-0.25, -0.2) is 0 Å². The van der Waals surface area contributed by atoms with Crippen molar-refractivity contribution in [3.8, 4) is 5.75 Å². The largest absolute Gasteiger partial charge is 0.497 e. The van der Waals surface area contributed by atoms with E-state index in [9.17, 15) is 0 Å². The molecule has 1 aliphatic rings. The average Bonchev–Trinajstić information content (AvgIpc) is 3.06. The lowest BCUT2D eigenvalue weighted by atomic mass is 9.99. The number of H-pyrrole nitrogens is 1. The Bertz CT molecular complexity index is 571. The monoisotopic (exact) mass is 260 g/mol. The highest BCUT2D eigenvalue weighted by atomic mass is 16.5.